The first-order valence-electron chi connectivity index (χ1n) is 8.01. The molecule has 0 aromatic heterocycles. The molecule has 0 N–H and O–H groups in total. The minimum absolute atomic E-state index is 0. The summed E-state index contributed by atoms with van der Waals surface area (Å²) in [6.45, 7) is 6.12. The van der Waals surface area contributed by atoms with Crippen LogP contribution in [0.5, 0.6) is 0 Å². The maximum atomic E-state index is 3.87. The molecule has 0 unspecified atom stereocenters. The molecule has 0 amide bonds. The van der Waals surface area contributed by atoms with Crippen molar-refractivity contribution in [1.82, 2.24) is 0 Å². The van der Waals surface area contributed by atoms with Crippen LogP contribution < -0.4 is 17.0 Å². The molecular weight excluding hydrogens is 320 g/mol. The van der Waals surface area contributed by atoms with Crippen LogP contribution in [0.15, 0.2) is 24.3 Å². The molecule has 2 heteroatoms. The Bertz CT molecular complexity index is 200. The average molecular weight is 354 g/mol. The molecular formula is C18H33BrMg. The van der Waals surface area contributed by atoms with E-state index in [2.05, 4.69) is 38.2 Å². The molecule has 0 aliphatic rings. The second kappa shape index (κ2) is 24.7. The van der Waals surface area contributed by atoms with Gasteiger partial charge in [-0.1, -0.05) is 69.8 Å². The molecule has 0 radical (unpaired) electrons. The zero-order chi connectivity index (χ0) is 13.3. The van der Waals surface area contributed by atoms with Gasteiger partial charge in [-0.2, -0.15) is 6.42 Å². The standard InChI is InChI=1S/C18H33.BrH.Mg/c1-3-5-7-9-11-13-15-17-18-16-14-12-10-8-6-4-2;;/h12,14,17-18H,1,3-11,13,15-16H2,2H3;1H;/q-1;;+2/p-1/b14-12-,18-17-;;. The van der Waals surface area contributed by atoms with Gasteiger partial charge in [-0.25, -0.2) is 0 Å². The second-order valence-corrected chi connectivity index (χ2v) is 5.08. The van der Waals surface area contributed by atoms with E-state index in [0.29, 0.717) is 0 Å². The monoisotopic (exact) mass is 352 g/mol. The Labute approximate surface area is 154 Å². The van der Waals surface area contributed by atoms with E-state index in [-0.39, 0.29) is 40.0 Å². The van der Waals surface area contributed by atoms with Crippen LogP contribution in [0.3, 0.4) is 0 Å². The fraction of sp³-hybridized carbons (Fsp3) is 0.722. The Balaban J connectivity index is -0.00000144. The molecule has 0 rings (SSSR count). The summed E-state index contributed by atoms with van der Waals surface area (Å²) in [5, 5.41) is 0. The van der Waals surface area contributed by atoms with Crippen molar-refractivity contribution in [2.45, 2.75) is 84.0 Å². The molecule has 0 atom stereocenters. The third-order valence-corrected chi connectivity index (χ3v) is 3.20. The Morgan fingerprint density at radius 2 is 1.20 bits per heavy atom. The van der Waals surface area contributed by atoms with Gasteiger partial charge in [0.05, 0.1) is 0 Å². The van der Waals surface area contributed by atoms with E-state index in [1.165, 1.54) is 64.2 Å². The number of halogens is 1. The molecule has 0 saturated carbocycles. The Kier molecular flexibility index (Phi) is 31.7. The van der Waals surface area contributed by atoms with Crippen LogP contribution in [0, 0.1) is 6.92 Å². The summed E-state index contributed by atoms with van der Waals surface area (Å²) in [6.07, 6.45) is 24.9. The number of hydrogen-bond acceptors (Lipinski definition) is 0. The van der Waals surface area contributed by atoms with E-state index in [0.717, 1.165) is 12.8 Å². The molecule has 0 aromatic carbocycles. The smallest absolute Gasteiger partial charge is 1.00 e. The number of rotatable bonds is 13. The first kappa shape index (κ1) is 25.7. The molecule has 0 aliphatic carbocycles. The van der Waals surface area contributed by atoms with Crippen LogP contribution in [0.2, 0.25) is 0 Å². The van der Waals surface area contributed by atoms with Gasteiger partial charge in [0.2, 0.25) is 0 Å². The van der Waals surface area contributed by atoms with Crippen LogP contribution in [-0.2, 0) is 0 Å². The summed E-state index contributed by atoms with van der Waals surface area (Å²) in [5.74, 6) is 0. The van der Waals surface area contributed by atoms with Gasteiger partial charge in [0.25, 0.3) is 0 Å². The van der Waals surface area contributed by atoms with Crippen molar-refractivity contribution < 1.29 is 17.0 Å². The molecule has 20 heavy (non-hydrogen) atoms. The molecule has 0 fully saturated rings. The van der Waals surface area contributed by atoms with Crippen molar-refractivity contribution in [3.63, 3.8) is 0 Å². The summed E-state index contributed by atoms with van der Waals surface area (Å²) in [7, 11) is 0. The van der Waals surface area contributed by atoms with Gasteiger partial charge in [-0.05, 0) is 32.1 Å². The van der Waals surface area contributed by atoms with E-state index in [1.54, 1.807) is 0 Å². The zero-order valence-corrected chi connectivity index (χ0v) is 16.6. The van der Waals surface area contributed by atoms with Crippen molar-refractivity contribution in [2.24, 2.45) is 0 Å². The predicted molar refractivity (Wildman–Crippen MR) is 90.5 cm³/mol. The quantitative estimate of drug-likeness (QED) is 0.206. The second-order valence-electron chi connectivity index (χ2n) is 5.08. The molecule has 0 spiro atoms. The topological polar surface area (TPSA) is 0 Å². The summed E-state index contributed by atoms with van der Waals surface area (Å²) < 4.78 is 0. The molecule has 0 heterocycles. The Morgan fingerprint density at radius 3 is 1.75 bits per heavy atom. The van der Waals surface area contributed by atoms with E-state index >= 15 is 0 Å². The Hall–Kier alpha value is 0.726. The molecule has 0 nitrogen and oxygen atoms in total. The van der Waals surface area contributed by atoms with Gasteiger partial charge in [-0.15, -0.1) is 0 Å². The predicted octanol–water partition coefficient (Wildman–Crippen LogP) is 3.26. The minimum atomic E-state index is 0. The average Bonchev–Trinajstić information content (AvgIpc) is 2.39. The molecule has 114 valence electrons. The maximum absolute atomic E-state index is 3.87. The van der Waals surface area contributed by atoms with Crippen molar-refractivity contribution >= 4 is 23.1 Å². The summed E-state index contributed by atoms with van der Waals surface area (Å²) in [4.78, 5) is 0. The SMILES string of the molecule is [Br-].[CH2-]CCCCCCC/C=C\C/C=C\CCCCC.[Mg+2]. The van der Waals surface area contributed by atoms with E-state index in [9.17, 15) is 0 Å². The van der Waals surface area contributed by atoms with Crippen LogP contribution >= 0.6 is 0 Å². The zero-order valence-electron chi connectivity index (χ0n) is 13.6. The largest absolute Gasteiger partial charge is 2.00 e. The van der Waals surface area contributed by atoms with Gasteiger partial charge in [0, 0.05) is 0 Å². The maximum Gasteiger partial charge on any atom is 2.00 e. The summed E-state index contributed by atoms with van der Waals surface area (Å²) in [6, 6.07) is 0. The number of hydrogen-bond donors (Lipinski definition) is 0. The van der Waals surface area contributed by atoms with Crippen molar-refractivity contribution in [1.29, 1.82) is 0 Å². The van der Waals surface area contributed by atoms with E-state index < -0.39 is 0 Å². The molecule has 0 saturated heterocycles. The fourth-order valence-corrected chi connectivity index (χ4v) is 1.99. The van der Waals surface area contributed by atoms with Crippen molar-refractivity contribution in [2.75, 3.05) is 0 Å². The Morgan fingerprint density at radius 1 is 0.700 bits per heavy atom. The van der Waals surface area contributed by atoms with Gasteiger partial charge in [-0.3, -0.25) is 0 Å². The van der Waals surface area contributed by atoms with Gasteiger partial charge in [0.15, 0.2) is 0 Å². The van der Waals surface area contributed by atoms with Gasteiger partial charge >= 0.3 is 23.1 Å². The van der Waals surface area contributed by atoms with Gasteiger partial charge in [0.1, 0.15) is 0 Å². The van der Waals surface area contributed by atoms with Crippen LogP contribution in [-0.4, -0.2) is 23.1 Å². The third-order valence-electron chi connectivity index (χ3n) is 3.20. The number of unbranched alkanes of at least 4 members (excludes halogenated alkanes) is 9. The fourth-order valence-electron chi connectivity index (χ4n) is 1.99. The molecule has 0 aromatic rings. The normalized spacial score (nSPS) is 10.7. The van der Waals surface area contributed by atoms with Crippen LogP contribution in [0.25, 0.3) is 0 Å². The van der Waals surface area contributed by atoms with E-state index in [4.69, 9.17) is 0 Å². The molecule has 0 bridgehead atoms. The summed E-state index contributed by atoms with van der Waals surface area (Å²) in [5.41, 5.74) is 0. The van der Waals surface area contributed by atoms with Gasteiger partial charge < -0.3 is 23.9 Å². The van der Waals surface area contributed by atoms with Crippen molar-refractivity contribution in [3.05, 3.63) is 31.2 Å². The third kappa shape index (κ3) is 23.8. The number of allylic oxidation sites excluding steroid dienone is 4. The minimum Gasteiger partial charge on any atom is -1.00 e. The first-order valence-corrected chi connectivity index (χ1v) is 8.01. The van der Waals surface area contributed by atoms with Crippen LogP contribution in [0.4, 0.5) is 0 Å². The summed E-state index contributed by atoms with van der Waals surface area (Å²) >= 11 is 0. The first-order chi connectivity index (χ1) is 8.91. The van der Waals surface area contributed by atoms with Crippen LogP contribution in [0.1, 0.15) is 84.0 Å². The van der Waals surface area contributed by atoms with E-state index in [1.807, 2.05) is 0 Å². The van der Waals surface area contributed by atoms with Crippen molar-refractivity contribution in [3.8, 4) is 0 Å². The molecule has 0 aliphatic heterocycles.